The van der Waals surface area contributed by atoms with Crippen LogP contribution in [0.5, 0.6) is 0 Å². The van der Waals surface area contributed by atoms with Crippen LogP contribution in [0.25, 0.3) is 0 Å². The van der Waals surface area contributed by atoms with Crippen LogP contribution in [0.3, 0.4) is 0 Å². The Kier molecular flexibility index (Phi) is 4.30. The fraction of sp³-hybridized carbons (Fsp3) is 0.385. The van der Waals surface area contributed by atoms with Crippen LogP contribution in [-0.2, 0) is 16.2 Å². The summed E-state index contributed by atoms with van der Waals surface area (Å²) < 4.78 is 5.20. The topological polar surface area (TPSA) is 55.2 Å². The molecule has 0 aromatic heterocycles. The summed E-state index contributed by atoms with van der Waals surface area (Å²) in [6.45, 7) is 2.14. The molecule has 1 aromatic carbocycles. The Hall–Kier alpha value is -1.88. The average Bonchev–Trinajstić information content (AvgIpc) is 2.91. The average molecular weight is 247 g/mol. The molecule has 1 aromatic rings. The predicted molar refractivity (Wildman–Crippen MR) is 71.0 cm³/mol. The van der Waals surface area contributed by atoms with Crippen LogP contribution >= 0.6 is 0 Å². The quantitative estimate of drug-likeness (QED) is 0.628. The third-order valence-electron chi connectivity index (χ3n) is 2.65. The molecule has 1 aliphatic rings. The van der Waals surface area contributed by atoms with Crippen LogP contribution in [0, 0.1) is 0 Å². The molecule has 0 saturated carbocycles. The Morgan fingerprint density at radius 1 is 1.39 bits per heavy atom. The fourth-order valence-corrected chi connectivity index (χ4v) is 1.90. The molecule has 2 rings (SSSR count). The van der Waals surface area contributed by atoms with Crippen LogP contribution in [0.1, 0.15) is 11.1 Å². The first-order valence-corrected chi connectivity index (χ1v) is 5.84. The highest BCUT2D eigenvalue weighted by molar-refractivity contribution is 6.48. The van der Waals surface area contributed by atoms with Gasteiger partial charge in [0.05, 0.1) is 13.2 Å². The number of ether oxygens (including phenoxy) is 1. The third-order valence-corrected chi connectivity index (χ3v) is 2.65. The first-order valence-electron chi connectivity index (χ1n) is 5.84. The SMILES string of the molecule is COCc1ccccc1C(=NOC)C1=NCCN1. The number of oxime groups is 1. The van der Waals surface area contributed by atoms with Gasteiger partial charge in [0.15, 0.2) is 11.5 Å². The van der Waals surface area contributed by atoms with Gasteiger partial charge in [-0.3, -0.25) is 4.99 Å². The number of aliphatic imine (C=N–C) groups is 1. The van der Waals surface area contributed by atoms with Gasteiger partial charge in [-0.25, -0.2) is 0 Å². The number of amidine groups is 1. The molecule has 0 fully saturated rings. The van der Waals surface area contributed by atoms with Crippen molar-refractivity contribution in [1.82, 2.24) is 5.32 Å². The standard InChI is InChI=1S/C13H17N3O2/c1-17-9-10-5-3-4-6-11(10)12(16-18-2)13-14-7-8-15-13/h3-6H,7-9H2,1-2H3,(H,14,15). The lowest BCUT2D eigenvalue weighted by atomic mass is 10.0. The lowest BCUT2D eigenvalue weighted by Crippen LogP contribution is -2.29. The second-order valence-corrected chi connectivity index (χ2v) is 3.87. The zero-order valence-electron chi connectivity index (χ0n) is 10.6. The van der Waals surface area contributed by atoms with E-state index in [2.05, 4.69) is 15.5 Å². The predicted octanol–water partition coefficient (Wildman–Crippen LogP) is 1.19. The molecular formula is C13H17N3O2. The molecule has 96 valence electrons. The van der Waals surface area contributed by atoms with Crippen molar-refractivity contribution >= 4 is 11.5 Å². The van der Waals surface area contributed by atoms with Crippen molar-refractivity contribution in [3.8, 4) is 0 Å². The minimum Gasteiger partial charge on any atom is -0.399 e. The van der Waals surface area contributed by atoms with E-state index in [0.29, 0.717) is 6.61 Å². The number of nitrogens with one attached hydrogen (secondary N) is 1. The van der Waals surface area contributed by atoms with Gasteiger partial charge < -0.3 is 14.9 Å². The number of rotatable bonds is 5. The molecule has 1 N–H and O–H groups in total. The molecule has 0 aliphatic carbocycles. The van der Waals surface area contributed by atoms with Gasteiger partial charge in [-0.15, -0.1) is 0 Å². The number of methoxy groups -OCH3 is 1. The lowest BCUT2D eigenvalue weighted by Gasteiger charge is -2.11. The first kappa shape index (κ1) is 12.6. The molecule has 1 heterocycles. The largest absolute Gasteiger partial charge is 0.399 e. The van der Waals surface area contributed by atoms with Crippen molar-refractivity contribution in [2.75, 3.05) is 27.3 Å². The van der Waals surface area contributed by atoms with Gasteiger partial charge in [0.2, 0.25) is 0 Å². The van der Waals surface area contributed by atoms with E-state index in [-0.39, 0.29) is 0 Å². The summed E-state index contributed by atoms with van der Waals surface area (Å²) in [5.41, 5.74) is 2.77. The van der Waals surface area contributed by atoms with Crippen molar-refractivity contribution < 1.29 is 9.57 Å². The van der Waals surface area contributed by atoms with Gasteiger partial charge in [-0.2, -0.15) is 0 Å². The zero-order chi connectivity index (χ0) is 12.8. The Morgan fingerprint density at radius 2 is 2.22 bits per heavy atom. The van der Waals surface area contributed by atoms with Gasteiger partial charge in [-0.1, -0.05) is 29.4 Å². The van der Waals surface area contributed by atoms with E-state index in [4.69, 9.17) is 9.57 Å². The van der Waals surface area contributed by atoms with E-state index < -0.39 is 0 Å². The lowest BCUT2D eigenvalue weighted by molar-refractivity contribution is 0.184. The Balaban J connectivity index is 2.39. The number of hydrogen-bond acceptors (Lipinski definition) is 5. The van der Waals surface area contributed by atoms with Gasteiger partial charge in [-0.05, 0) is 5.56 Å². The van der Waals surface area contributed by atoms with Crippen LogP contribution < -0.4 is 5.32 Å². The summed E-state index contributed by atoms with van der Waals surface area (Å²) in [4.78, 5) is 9.32. The van der Waals surface area contributed by atoms with E-state index >= 15 is 0 Å². The molecule has 1 aliphatic heterocycles. The number of hydrogen-bond donors (Lipinski definition) is 1. The molecule has 5 heteroatoms. The highest BCUT2D eigenvalue weighted by Crippen LogP contribution is 2.13. The van der Waals surface area contributed by atoms with Gasteiger partial charge in [0, 0.05) is 19.2 Å². The maximum Gasteiger partial charge on any atom is 0.152 e. The second kappa shape index (κ2) is 6.16. The van der Waals surface area contributed by atoms with E-state index in [9.17, 15) is 0 Å². The molecular weight excluding hydrogens is 230 g/mol. The Labute approximate surface area is 107 Å². The van der Waals surface area contributed by atoms with Gasteiger partial charge in [0.1, 0.15) is 7.11 Å². The van der Waals surface area contributed by atoms with Crippen molar-refractivity contribution in [3.63, 3.8) is 0 Å². The first-order chi connectivity index (χ1) is 8.86. The van der Waals surface area contributed by atoms with Crippen molar-refractivity contribution in [1.29, 1.82) is 0 Å². The molecule has 18 heavy (non-hydrogen) atoms. The molecule has 0 amide bonds. The van der Waals surface area contributed by atoms with Crippen LogP contribution in [0.4, 0.5) is 0 Å². The second-order valence-electron chi connectivity index (χ2n) is 3.87. The molecule has 0 atom stereocenters. The summed E-state index contributed by atoms with van der Waals surface area (Å²) in [6, 6.07) is 7.95. The summed E-state index contributed by atoms with van der Waals surface area (Å²) >= 11 is 0. The smallest absolute Gasteiger partial charge is 0.152 e. The van der Waals surface area contributed by atoms with Crippen LogP contribution in [-0.4, -0.2) is 38.9 Å². The van der Waals surface area contributed by atoms with E-state index in [1.165, 1.54) is 7.11 Å². The zero-order valence-corrected chi connectivity index (χ0v) is 10.6. The maximum atomic E-state index is 5.20. The highest BCUT2D eigenvalue weighted by Gasteiger charge is 2.18. The molecule has 0 unspecified atom stereocenters. The van der Waals surface area contributed by atoms with Gasteiger partial charge >= 0.3 is 0 Å². The van der Waals surface area contributed by atoms with Crippen LogP contribution in [0.2, 0.25) is 0 Å². The third kappa shape index (κ3) is 2.68. The van der Waals surface area contributed by atoms with Crippen LogP contribution in [0.15, 0.2) is 34.4 Å². The summed E-state index contributed by atoms with van der Waals surface area (Å²) in [7, 11) is 3.21. The number of benzene rings is 1. The Bertz CT molecular complexity index is 469. The molecule has 0 bridgehead atoms. The van der Waals surface area contributed by atoms with E-state index in [0.717, 1.165) is 35.8 Å². The van der Waals surface area contributed by atoms with E-state index in [1.807, 2.05) is 24.3 Å². The molecule has 0 saturated heterocycles. The summed E-state index contributed by atoms with van der Waals surface area (Å²) in [6.07, 6.45) is 0. The normalized spacial score (nSPS) is 15.2. The minimum atomic E-state index is 0.534. The minimum absolute atomic E-state index is 0.534. The number of nitrogens with zero attached hydrogens (tertiary/aromatic N) is 2. The highest BCUT2D eigenvalue weighted by atomic mass is 16.6. The monoisotopic (exact) mass is 247 g/mol. The Morgan fingerprint density at radius 3 is 2.89 bits per heavy atom. The van der Waals surface area contributed by atoms with Crippen molar-refractivity contribution in [3.05, 3.63) is 35.4 Å². The molecule has 5 nitrogen and oxygen atoms in total. The van der Waals surface area contributed by atoms with E-state index in [1.54, 1.807) is 7.11 Å². The summed E-state index contributed by atoms with van der Waals surface area (Å²) in [5.74, 6) is 0.778. The van der Waals surface area contributed by atoms with Gasteiger partial charge in [0.25, 0.3) is 0 Å². The summed E-state index contributed by atoms with van der Waals surface area (Å²) in [5, 5.41) is 7.29. The van der Waals surface area contributed by atoms with Crippen molar-refractivity contribution in [2.45, 2.75) is 6.61 Å². The molecule has 0 spiro atoms. The van der Waals surface area contributed by atoms with Crippen molar-refractivity contribution in [2.24, 2.45) is 10.1 Å². The molecule has 0 radical (unpaired) electrons. The maximum absolute atomic E-state index is 5.20. The fourth-order valence-electron chi connectivity index (χ4n) is 1.90.